The molecule has 2 aromatic carbocycles. The molecule has 1 aromatic heterocycles. The van der Waals surface area contributed by atoms with Gasteiger partial charge in [-0.05, 0) is 24.6 Å². The molecule has 0 aliphatic carbocycles. The average molecular weight is 287 g/mol. The molecule has 0 radical (unpaired) electrons. The smallest absolute Gasteiger partial charge is 0.115 e. The lowest BCUT2D eigenvalue weighted by Crippen LogP contribution is -1.97. The summed E-state index contributed by atoms with van der Waals surface area (Å²) in [4.78, 5) is 9.11. The summed E-state index contributed by atoms with van der Waals surface area (Å²) in [5, 5.41) is 0.550. The number of hydrogen-bond donors (Lipinski definition) is 0. The molecule has 20 heavy (non-hydrogen) atoms. The molecule has 0 aliphatic rings. The van der Waals surface area contributed by atoms with Crippen molar-refractivity contribution in [2.24, 2.45) is 0 Å². The second-order valence-electron chi connectivity index (χ2n) is 4.56. The molecule has 3 rings (SSSR count). The normalized spacial score (nSPS) is 10.9. The number of nitrogens with zero attached hydrogens (tertiary/aromatic N) is 2. The highest BCUT2D eigenvalue weighted by molar-refractivity contribution is 6.34. The Hall–Kier alpha value is -2.00. The minimum absolute atomic E-state index is 0.530. The first-order valence-electron chi connectivity index (χ1n) is 6.28. The van der Waals surface area contributed by atoms with Crippen LogP contribution in [-0.2, 0) is 6.67 Å². The molecule has 2 nitrogen and oxygen atoms in total. The number of rotatable bonds is 2. The average Bonchev–Trinajstić information content (AvgIpc) is 2.47. The highest BCUT2D eigenvalue weighted by atomic mass is 35.5. The van der Waals surface area contributed by atoms with Gasteiger partial charge in [0.15, 0.2) is 0 Å². The maximum atomic E-state index is 13.1. The van der Waals surface area contributed by atoms with Crippen molar-refractivity contribution in [3.63, 3.8) is 0 Å². The lowest BCUT2D eigenvalue weighted by atomic mass is 10.0. The van der Waals surface area contributed by atoms with E-state index in [1.165, 1.54) is 0 Å². The highest BCUT2D eigenvalue weighted by Crippen LogP contribution is 2.29. The van der Waals surface area contributed by atoms with Crippen LogP contribution < -0.4 is 0 Å². The molecule has 0 atom stereocenters. The second kappa shape index (κ2) is 5.17. The first-order chi connectivity index (χ1) is 9.70. The summed E-state index contributed by atoms with van der Waals surface area (Å²) in [6, 6.07) is 12.8. The Balaban J connectivity index is 2.31. The lowest BCUT2D eigenvalue weighted by molar-refractivity contribution is 0.486. The van der Waals surface area contributed by atoms with E-state index in [0.29, 0.717) is 21.8 Å². The molecule has 0 bridgehead atoms. The molecular formula is C16H12ClFN2. The molecule has 4 heteroatoms. The van der Waals surface area contributed by atoms with Gasteiger partial charge in [0.1, 0.15) is 12.2 Å². The fourth-order valence-corrected chi connectivity index (χ4v) is 2.47. The topological polar surface area (TPSA) is 25.8 Å². The number of aryl methyl sites for hydroxylation is 1. The summed E-state index contributed by atoms with van der Waals surface area (Å²) in [7, 11) is 0. The van der Waals surface area contributed by atoms with E-state index in [4.69, 9.17) is 11.6 Å². The minimum Gasteiger partial charge on any atom is -0.249 e. The molecule has 1 heterocycles. The van der Waals surface area contributed by atoms with Gasteiger partial charge in [0, 0.05) is 5.56 Å². The zero-order valence-electron chi connectivity index (χ0n) is 10.9. The van der Waals surface area contributed by atoms with Crippen LogP contribution in [0.2, 0.25) is 5.02 Å². The molecule has 0 fully saturated rings. The maximum Gasteiger partial charge on any atom is 0.115 e. The summed E-state index contributed by atoms with van der Waals surface area (Å²) >= 11 is 6.17. The van der Waals surface area contributed by atoms with Crippen LogP contribution in [0.1, 0.15) is 11.3 Å². The van der Waals surface area contributed by atoms with Crippen molar-refractivity contribution in [3.8, 4) is 11.3 Å². The van der Waals surface area contributed by atoms with Gasteiger partial charge in [0.05, 0.1) is 21.9 Å². The maximum absolute atomic E-state index is 13.1. The number of halogens is 2. The van der Waals surface area contributed by atoms with Gasteiger partial charge in [0.2, 0.25) is 0 Å². The summed E-state index contributed by atoms with van der Waals surface area (Å²) in [5.74, 6) is 0. The summed E-state index contributed by atoms with van der Waals surface area (Å²) in [6.45, 7) is 1.34. The Morgan fingerprint density at radius 3 is 2.65 bits per heavy atom. The van der Waals surface area contributed by atoms with Crippen LogP contribution in [-0.4, -0.2) is 9.97 Å². The van der Waals surface area contributed by atoms with Crippen molar-refractivity contribution < 1.29 is 4.39 Å². The third-order valence-corrected chi connectivity index (χ3v) is 3.54. The fourth-order valence-electron chi connectivity index (χ4n) is 2.25. The Bertz CT molecular complexity index is 787. The highest BCUT2D eigenvalue weighted by Gasteiger charge is 2.12. The largest absolute Gasteiger partial charge is 0.249 e. The van der Waals surface area contributed by atoms with Crippen LogP contribution in [0, 0.1) is 6.92 Å². The first-order valence-corrected chi connectivity index (χ1v) is 6.65. The van der Waals surface area contributed by atoms with E-state index >= 15 is 0 Å². The summed E-state index contributed by atoms with van der Waals surface area (Å²) in [5.41, 5.74) is 4.21. The van der Waals surface area contributed by atoms with Gasteiger partial charge in [-0.3, -0.25) is 0 Å². The number of benzene rings is 2. The monoisotopic (exact) mass is 286 g/mol. The summed E-state index contributed by atoms with van der Waals surface area (Å²) in [6.07, 6.45) is 0. The van der Waals surface area contributed by atoms with E-state index in [1.807, 2.05) is 37.3 Å². The van der Waals surface area contributed by atoms with E-state index in [2.05, 4.69) is 9.97 Å². The molecule has 0 aliphatic heterocycles. The molecule has 0 saturated heterocycles. The minimum atomic E-state index is -0.530. The van der Waals surface area contributed by atoms with Gasteiger partial charge < -0.3 is 0 Å². The SMILES string of the molecule is Cc1nc2cccc(Cl)c2nc1-c1ccccc1CF. The lowest BCUT2D eigenvalue weighted by Gasteiger charge is -2.10. The Morgan fingerprint density at radius 2 is 1.85 bits per heavy atom. The standard InChI is InChI=1S/C16H12ClFN2/c1-10-15(12-6-3-2-5-11(12)9-18)20-16-13(17)7-4-8-14(16)19-10/h2-8H,9H2,1H3. The van der Waals surface area contributed by atoms with Crippen molar-refractivity contribution in [3.05, 3.63) is 58.7 Å². The molecule has 0 spiro atoms. The zero-order chi connectivity index (χ0) is 14.1. The van der Waals surface area contributed by atoms with Gasteiger partial charge in [-0.15, -0.1) is 0 Å². The van der Waals surface area contributed by atoms with E-state index in [1.54, 1.807) is 12.1 Å². The number of hydrogen-bond acceptors (Lipinski definition) is 2. The van der Waals surface area contributed by atoms with Crippen molar-refractivity contribution in [2.45, 2.75) is 13.6 Å². The molecule has 0 unspecified atom stereocenters. The van der Waals surface area contributed by atoms with Crippen molar-refractivity contribution >= 4 is 22.6 Å². The number of fused-ring (bicyclic) bond motifs is 1. The van der Waals surface area contributed by atoms with Gasteiger partial charge >= 0.3 is 0 Å². The zero-order valence-corrected chi connectivity index (χ0v) is 11.7. The Labute approximate surface area is 121 Å². The van der Waals surface area contributed by atoms with Gasteiger partial charge in [-0.25, -0.2) is 14.4 Å². The van der Waals surface area contributed by atoms with Gasteiger partial charge in [0.25, 0.3) is 0 Å². The first kappa shape index (κ1) is 13.0. The van der Waals surface area contributed by atoms with E-state index in [9.17, 15) is 4.39 Å². The Kier molecular flexibility index (Phi) is 3.36. The van der Waals surface area contributed by atoms with Gasteiger partial charge in [-0.1, -0.05) is 41.9 Å². The number of alkyl halides is 1. The van der Waals surface area contributed by atoms with Crippen LogP contribution >= 0.6 is 11.6 Å². The van der Waals surface area contributed by atoms with E-state index in [0.717, 1.165) is 16.8 Å². The molecule has 0 N–H and O–H groups in total. The molecule has 0 saturated carbocycles. The van der Waals surface area contributed by atoms with Crippen LogP contribution in [0.15, 0.2) is 42.5 Å². The third-order valence-electron chi connectivity index (χ3n) is 3.24. The molecule has 3 aromatic rings. The van der Waals surface area contributed by atoms with Crippen molar-refractivity contribution in [1.82, 2.24) is 9.97 Å². The van der Waals surface area contributed by atoms with Crippen LogP contribution in [0.5, 0.6) is 0 Å². The summed E-state index contributed by atoms with van der Waals surface area (Å²) < 4.78 is 13.1. The van der Waals surface area contributed by atoms with Crippen LogP contribution in [0.4, 0.5) is 4.39 Å². The van der Waals surface area contributed by atoms with Crippen molar-refractivity contribution in [2.75, 3.05) is 0 Å². The van der Waals surface area contributed by atoms with Gasteiger partial charge in [-0.2, -0.15) is 0 Å². The van der Waals surface area contributed by atoms with Crippen LogP contribution in [0.25, 0.3) is 22.3 Å². The van der Waals surface area contributed by atoms with E-state index in [-0.39, 0.29) is 0 Å². The second-order valence-corrected chi connectivity index (χ2v) is 4.96. The third kappa shape index (κ3) is 2.14. The molecule has 100 valence electrons. The number of aromatic nitrogens is 2. The van der Waals surface area contributed by atoms with E-state index < -0.39 is 6.67 Å². The number of para-hydroxylation sites is 1. The Morgan fingerprint density at radius 1 is 1.05 bits per heavy atom. The predicted octanol–water partition coefficient (Wildman–Crippen LogP) is 4.73. The molecular weight excluding hydrogens is 275 g/mol. The quantitative estimate of drug-likeness (QED) is 0.681. The fraction of sp³-hybridized carbons (Fsp3) is 0.125. The molecule has 0 amide bonds. The predicted molar refractivity (Wildman–Crippen MR) is 79.5 cm³/mol. The van der Waals surface area contributed by atoms with Crippen molar-refractivity contribution in [1.29, 1.82) is 0 Å². The van der Waals surface area contributed by atoms with Crippen LogP contribution in [0.3, 0.4) is 0 Å².